The molecule has 0 rings (SSSR count). The van der Waals surface area contributed by atoms with Crippen LogP contribution >= 0.6 is 11.8 Å². The summed E-state index contributed by atoms with van der Waals surface area (Å²) in [5.41, 5.74) is 0. The Hall–Kier alpha value is -0.0600. The van der Waals surface area contributed by atoms with E-state index in [9.17, 15) is 4.79 Å². The molecule has 0 aromatic rings. The number of quaternary nitrogens is 1. The highest BCUT2D eigenvalue weighted by Crippen LogP contribution is 2.02. The van der Waals surface area contributed by atoms with Crippen molar-refractivity contribution in [2.45, 2.75) is 0 Å². The molecule has 0 atom stereocenters. The predicted octanol–water partition coefficient (Wildman–Crippen LogP) is -0.0553. The Morgan fingerprint density at radius 1 is 1.55 bits per heavy atom. The monoisotopic (exact) mass is 178 g/mol. The molecule has 1 N–H and O–H groups in total. The molecule has 0 saturated carbocycles. The van der Waals surface area contributed by atoms with Gasteiger partial charge in [-0.1, -0.05) is 11.8 Å². The van der Waals surface area contributed by atoms with Gasteiger partial charge in [0.05, 0.1) is 20.7 Å². The van der Waals surface area contributed by atoms with Crippen molar-refractivity contribution >= 4 is 16.9 Å². The first-order valence-corrected chi connectivity index (χ1v) is 4.74. The lowest BCUT2D eigenvalue weighted by molar-refractivity contribution is -0.882. The summed E-state index contributed by atoms with van der Waals surface area (Å²) in [7, 11) is 3.87. The molecule has 0 aliphatic rings. The van der Waals surface area contributed by atoms with Gasteiger partial charge >= 0.3 is 0 Å². The summed E-state index contributed by atoms with van der Waals surface area (Å²) in [6.45, 7) is 1.25. The number of rotatable bonds is 4. The largest absolute Gasteiger partial charge is 0.391 e. The molecule has 0 aromatic heterocycles. The predicted molar refractivity (Wildman–Crippen MR) is 47.5 cm³/mol. The number of nitrogens with zero attached hydrogens (tertiary/aromatic N) is 1. The zero-order valence-electron chi connectivity index (χ0n) is 7.33. The molecule has 0 unspecified atom stereocenters. The van der Waals surface area contributed by atoms with E-state index in [1.165, 1.54) is 11.8 Å². The van der Waals surface area contributed by atoms with Gasteiger partial charge in [0.2, 0.25) is 5.12 Å². The summed E-state index contributed by atoms with van der Waals surface area (Å²) < 4.78 is 0.566. The van der Waals surface area contributed by atoms with Gasteiger partial charge in [0, 0.05) is 0 Å². The minimum atomic E-state index is 0.134. The van der Waals surface area contributed by atoms with Gasteiger partial charge in [0.25, 0.3) is 0 Å². The molecule has 3 nitrogen and oxygen atoms in total. The number of thioether (sulfide) groups is 1. The zero-order valence-corrected chi connectivity index (χ0v) is 8.15. The van der Waals surface area contributed by atoms with Crippen molar-refractivity contribution < 1.29 is 14.4 Å². The van der Waals surface area contributed by atoms with Crippen LogP contribution in [0.2, 0.25) is 0 Å². The average Bonchev–Trinajstić information content (AvgIpc) is 1.86. The van der Waals surface area contributed by atoms with Crippen molar-refractivity contribution in [1.82, 2.24) is 0 Å². The van der Waals surface area contributed by atoms with Crippen molar-refractivity contribution in [1.29, 1.82) is 0 Å². The van der Waals surface area contributed by atoms with E-state index in [0.29, 0.717) is 17.6 Å². The number of hydrogen-bond acceptors (Lipinski definition) is 3. The molecule has 66 valence electrons. The summed E-state index contributed by atoms with van der Waals surface area (Å²) >= 11 is 1.24. The van der Waals surface area contributed by atoms with Crippen LogP contribution in [0.3, 0.4) is 0 Å². The Balaban J connectivity index is 3.80. The summed E-state index contributed by atoms with van der Waals surface area (Å²) in [4.78, 5) is 11.0. The standard InChI is InChI=1S/C7H16NO2S/c1-8(2,4-5-9)6-7(10)11-3/h9H,4-6H2,1-3H3/q+1. The summed E-state index contributed by atoms with van der Waals surface area (Å²) in [6, 6.07) is 0. The highest BCUT2D eigenvalue weighted by atomic mass is 32.2. The van der Waals surface area contributed by atoms with Gasteiger partial charge in [0.1, 0.15) is 13.1 Å². The van der Waals surface area contributed by atoms with E-state index in [1.54, 1.807) is 6.26 Å². The van der Waals surface area contributed by atoms with Gasteiger partial charge in [-0.3, -0.25) is 4.79 Å². The molecule has 0 aliphatic heterocycles. The average molecular weight is 178 g/mol. The first-order chi connectivity index (χ1) is 5.02. The van der Waals surface area contributed by atoms with Crippen LogP contribution in [0, 0.1) is 0 Å². The van der Waals surface area contributed by atoms with Crippen LogP contribution in [0.25, 0.3) is 0 Å². The van der Waals surface area contributed by atoms with E-state index in [0.717, 1.165) is 0 Å². The molecule has 0 radical (unpaired) electrons. The summed E-state index contributed by atoms with van der Waals surface area (Å²) in [5.74, 6) is 0. The van der Waals surface area contributed by atoms with Crippen LogP contribution in [-0.4, -0.2) is 54.8 Å². The van der Waals surface area contributed by atoms with Gasteiger partial charge in [-0.25, -0.2) is 0 Å². The Kier molecular flexibility index (Phi) is 4.72. The fourth-order valence-corrected chi connectivity index (χ4v) is 1.24. The van der Waals surface area contributed by atoms with Crippen molar-refractivity contribution in [3.05, 3.63) is 0 Å². The quantitative estimate of drug-likeness (QED) is 0.613. The van der Waals surface area contributed by atoms with Crippen LogP contribution in [-0.2, 0) is 4.79 Å². The second-order valence-corrected chi connectivity index (χ2v) is 3.98. The first-order valence-electron chi connectivity index (χ1n) is 3.51. The molecule has 0 aliphatic carbocycles. The molecule has 0 amide bonds. The second kappa shape index (κ2) is 4.74. The number of carbonyl (C=O) groups is 1. The third kappa shape index (κ3) is 5.24. The van der Waals surface area contributed by atoms with Crippen molar-refractivity contribution in [3.63, 3.8) is 0 Å². The smallest absolute Gasteiger partial charge is 0.242 e. The van der Waals surface area contributed by atoms with E-state index < -0.39 is 0 Å². The SMILES string of the molecule is CSC(=O)C[N+](C)(C)CCO. The van der Waals surface area contributed by atoms with Crippen molar-refractivity contribution in [2.75, 3.05) is 40.0 Å². The molecule has 0 saturated heterocycles. The molecule has 0 heterocycles. The second-order valence-electron chi connectivity index (χ2n) is 3.12. The maximum atomic E-state index is 11.0. The lowest BCUT2D eigenvalue weighted by atomic mass is 10.4. The van der Waals surface area contributed by atoms with Crippen molar-refractivity contribution in [2.24, 2.45) is 0 Å². The summed E-state index contributed by atoms with van der Waals surface area (Å²) in [6.07, 6.45) is 1.78. The minimum Gasteiger partial charge on any atom is -0.391 e. The Morgan fingerprint density at radius 2 is 2.09 bits per heavy atom. The molecule has 0 aromatic carbocycles. The molecule has 0 spiro atoms. The highest BCUT2D eigenvalue weighted by Gasteiger charge is 2.17. The van der Waals surface area contributed by atoms with Crippen LogP contribution < -0.4 is 0 Å². The third-order valence-electron chi connectivity index (χ3n) is 1.49. The Morgan fingerprint density at radius 3 is 2.45 bits per heavy atom. The van der Waals surface area contributed by atoms with Crippen LogP contribution in [0.1, 0.15) is 0 Å². The summed E-state index contributed by atoms with van der Waals surface area (Å²) in [5, 5.41) is 8.82. The maximum absolute atomic E-state index is 11.0. The Bertz CT molecular complexity index is 136. The maximum Gasteiger partial charge on any atom is 0.242 e. The molecule has 0 fully saturated rings. The normalized spacial score (nSPS) is 11.6. The molecular formula is C7H16NO2S+. The number of aliphatic hydroxyl groups is 1. The number of likely N-dealkylation sites (N-methyl/N-ethyl adjacent to an activating group) is 1. The van der Waals surface area contributed by atoms with Gasteiger partial charge in [-0.15, -0.1) is 0 Å². The molecule has 0 bridgehead atoms. The number of aliphatic hydroxyl groups excluding tert-OH is 1. The van der Waals surface area contributed by atoms with E-state index >= 15 is 0 Å². The fourth-order valence-electron chi connectivity index (χ4n) is 0.764. The molecular weight excluding hydrogens is 162 g/mol. The van der Waals surface area contributed by atoms with E-state index in [2.05, 4.69) is 0 Å². The fraction of sp³-hybridized carbons (Fsp3) is 0.857. The van der Waals surface area contributed by atoms with Crippen molar-refractivity contribution in [3.8, 4) is 0 Å². The first kappa shape index (κ1) is 10.9. The van der Waals surface area contributed by atoms with E-state index in [4.69, 9.17) is 5.11 Å². The van der Waals surface area contributed by atoms with Crippen LogP contribution in [0.15, 0.2) is 0 Å². The van der Waals surface area contributed by atoms with E-state index in [-0.39, 0.29) is 11.7 Å². The highest BCUT2D eigenvalue weighted by molar-refractivity contribution is 8.13. The van der Waals surface area contributed by atoms with E-state index in [1.807, 2.05) is 14.1 Å². The number of carbonyl (C=O) groups excluding carboxylic acids is 1. The topological polar surface area (TPSA) is 37.3 Å². The van der Waals surface area contributed by atoms with Gasteiger partial charge < -0.3 is 9.59 Å². The molecule has 11 heavy (non-hydrogen) atoms. The third-order valence-corrected chi connectivity index (χ3v) is 2.07. The number of hydrogen-bond donors (Lipinski definition) is 1. The minimum absolute atomic E-state index is 0.134. The molecule has 4 heteroatoms. The van der Waals surface area contributed by atoms with Gasteiger partial charge in [0.15, 0.2) is 0 Å². The lowest BCUT2D eigenvalue weighted by Gasteiger charge is -2.27. The lowest BCUT2D eigenvalue weighted by Crippen LogP contribution is -2.45. The Labute approximate surface area is 72.0 Å². The van der Waals surface area contributed by atoms with Gasteiger partial charge in [-0.2, -0.15) is 0 Å². The zero-order chi connectivity index (χ0) is 8.91. The van der Waals surface area contributed by atoms with Crippen LogP contribution in [0.5, 0.6) is 0 Å². The van der Waals surface area contributed by atoms with Crippen LogP contribution in [0.4, 0.5) is 0 Å². The van der Waals surface area contributed by atoms with Gasteiger partial charge in [-0.05, 0) is 6.26 Å².